The zero-order valence-corrected chi connectivity index (χ0v) is 10.6. The van der Waals surface area contributed by atoms with Crippen molar-refractivity contribution >= 4 is 12.4 Å². The lowest BCUT2D eigenvalue weighted by molar-refractivity contribution is 0.699. The van der Waals surface area contributed by atoms with Crippen LogP contribution in [-0.2, 0) is 6.42 Å². The highest BCUT2D eigenvalue weighted by atomic mass is 35.5. The Morgan fingerprint density at radius 2 is 1.88 bits per heavy atom. The lowest BCUT2D eigenvalue weighted by Gasteiger charge is -2.07. The van der Waals surface area contributed by atoms with Crippen molar-refractivity contribution in [3.8, 4) is 0 Å². The molecule has 0 saturated carbocycles. The van der Waals surface area contributed by atoms with Crippen molar-refractivity contribution < 1.29 is 4.39 Å². The van der Waals surface area contributed by atoms with Gasteiger partial charge >= 0.3 is 0 Å². The number of hydrogen-bond acceptors (Lipinski definition) is 1. The molecule has 0 aliphatic carbocycles. The molecule has 1 rings (SSSR count). The minimum atomic E-state index is 0. The van der Waals surface area contributed by atoms with E-state index in [1.807, 2.05) is 12.1 Å². The molecule has 1 aromatic carbocycles. The maximum atomic E-state index is 12.3. The summed E-state index contributed by atoms with van der Waals surface area (Å²) in [6, 6.07) is 8.25. The summed E-state index contributed by atoms with van der Waals surface area (Å²) in [6.45, 7) is 4.59. The Kier molecular flexibility index (Phi) is 7.02. The van der Waals surface area contributed by atoms with Crippen LogP contribution in [0.2, 0.25) is 0 Å². The molecule has 0 unspecified atom stereocenters. The Labute approximate surface area is 103 Å². The zero-order valence-electron chi connectivity index (χ0n) is 9.74. The van der Waals surface area contributed by atoms with Gasteiger partial charge in [0, 0.05) is 6.54 Å². The van der Waals surface area contributed by atoms with Crippen LogP contribution in [0, 0.1) is 0 Å². The average molecular weight is 244 g/mol. The van der Waals surface area contributed by atoms with Crippen LogP contribution in [-0.4, -0.2) is 6.54 Å². The van der Waals surface area contributed by atoms with Crippen molar-refractivity contribution in [2.45, 2.75) is 26.2 Å². The lowest BCUT2D eigenvalue weighted by atomic mass is 9.99. The van der Waals surface area contributed by atoms with Gasteiger partial charge in [-0.15, -0.1) is 12.4 Å². The summed E-state index contributed by atoms with van der Waals surface area (Å²) in [5, 5.41) is 0. The van der Waals surface area contributed by atoms with Gasteiger partial charge in [0.2, 0.25) is 0 Å². The molecule has 0 amide bonds. The summed E-state index contributed by atoms with van der Waals surface area (Å²) in [6.07, 6.45) is 1.21. The van der Waals surface area contributed by atoms with E-state index in [4.69, 9.17) is 5.73 Å². The van der Waals surface area contributed by atoms with Crippen molar-refractivity contribution in [1.82, 2.24) is 0 Å². The molecule has 0 spiro atoms. The van der Waals surface area contributed by atoms with Gasteiger partial charge in [-0.3, -0.25) is 0 Å². The molecule has 0 radical (unpaired) electrons. The number of benzene rings is 1. The van der Waals surface area contributed by atoms with Gasteiger partial charge in [0.25, 0.3) is 0 Å². The topological polar surface area (TPSA) is 26.0 Å². The van der Waals surface area contributed by atoms with E-state index < -0.39 is 0 Å². The van der Waals surface area contributed by atoms with Crippen molar-refractivity contribution in [3.63, 3.8) is 0 Å². The molecular formula is C13H19ClFN. The molecule has 0 aromatic heterocycles. The summed E-state index contributed by atoms with van der Waals surface area (Å²) in [7, 11) is 0. The molecule has 1 nitrogen and oxygen atoms in total. The highest BCUT2D eigenvalue weighted by Crippen LogP contribution is 2.16. The predicted molar refractivity (Wildman–Crippen MR) is 69.7 cm³/mol. The Morgan fingerprint density at radius 3 is 2.25 bits per heavy atom. The van der Waals surface area contributed by atoms with Crippen LogP contribution in [0.15, 0.2) is 36.2 Å². The van der Waals surface area contributed by atoms with E-state index in [-0.39, 0.29) is 19.0 Å². The fourth-order valence-electron chi connectivity index (χ4n) is 1.44. The van der Waals surface area contributed by atoms with Crippen LogP contribution >= 0.6 is 12.4 Å². The summed E-state index contributed by atoms with van der Waals surface area (Å²) in [5.41, 5.74) is 8.44. The molecule has 0 heterocycles. The Balaban J connectivity index is 0.00000225. The quantitative estimate of drug-likeness (QED) is 0.860. The molecule has 0 aliphatic heterocycles. The average Bonchev–Trinajstić information content (AvgIpc) is 2.26. The molecule has 0 aliphatic rings. The maximum absolute atomic E-state index is 12.3. The van der Waals surface area contributed by atoms with Gasteiger partial charge in [-0.2, -0.15) is 0 Å². The molecule has 2 N–H and O–H groups in total. The van der Waals surface area contributed by atoms with E-state index in [1.165, 1.54) is 5.56 Å². The molecule has 0 atom stereocenters. The van der Waals surface area contributed by atoms with Crippen molar-refractivity contribution in [3.05, 3.63) is 47.3 Å². The van der Waals surface area contributed by atoms with Gasteiger partial charge in [0.1, 0.15) is 0 Å². The van der Waals surface area contributed by atoms with Crippen LogP contribution in [0.1, 0.15) is 30.9 Å². The fourth-order valence-corrected chi connectivity index (χ4v) is 1.44. The number of halogens is 2. The third-order valence-corrected chi connectivity index (χ3v) is 2.49. The molecule has 0 bridgehead atoms. The third-order valence-electron chi connectivity index (χ3n) is 2.49. The first-order valence-corrected chi connectivity index (χ1v) is 5.24. The lowest BCUT2D eigenvalue weighted by Crippen LogP contribution is -2.05. The SMILES string of the molecule is CC(C)c1ccc(C/C(=C/F)CN)cc1.Cl. The van der Waals surface area contributed by atoms with Crippen molar-refractivity contribution in [2.75, 3.05) is 6.54 Å². The zero-order chi connectivity index (χ0) is 11.3. The highest BCUT2D eigenvalue weighted by molar-refractivity contribution is 5.85. The first-order valence-electron chi connectivity index (χ1n) is 5.24. The Hall–Kier alpha value is -0.860. The van der Waals surface area contributed by atoms with Crippen LogP contribution in [0.4, 0.5) is 4.39 Å². The molecular weight excluding hydrogens is 225 g/mol. The van der Waals surface area contributed by atoms with Gasteiger partial charge in [-0.05, 0) is 29.0 Å². The standard InChI is InChI=1S/C13H18FN.ClH/c1-10(2)13-5-3-11(4-6-13)7-12(8-14)9-15;/h3-6,8,10H,7,9,15H2,1-2H3;1H/b12-8-;. The van der Waals surface area contributed by atoms with Gasteiger partial charge in [-0.1, -0.05) is 38.1 Å². The van der Waals surface area contributed by atoms with Gasteiger partial charge in [-0.25, -0.2) is 4.39 Å². The monoisotopic (exact) mass is 243 g/mol. The molecule has 16 heavy (non-hydrogen) atoms. The second-order valence-electron chi connectivity index (χ2n) is 4.04. The first-order chi connectivity index (χ1) is 7.17. The summed E-state index contributed by atoms with van der Waals surface area (Å²) < 4.78 is 12.3. The third kappa shape index (κ3) is 4.33. The number of nitrogens with two attached hydrogens (primary N) is 1. The molecule has 90 valence electrons. The van der Waals surface area contributed by atoms with Crippen molar-refractivity contribution in [2.24, 2.45) is 5.73 Å². The van der Waals surface area contributed by atoms with Crippen LogP contribution in [0.25, 0.3) is 0 Å². The van der Waals surface area contributed by atoms with Gasteiger partial charge < -0.3 is 5.73 Å². The van der Waals surface area contributed by atoms with Crippen LogP contribution in [0.3, 0.4) is 0 Å². The van der Waals surface area contributed by atoms with E-state index in [2.05, 4.69) is 26.0 Å². The van der Waals surface area contributed by atoms with Crippen molar-refractivity contribution in [1.29, 1.82) is 0 Å². The minimum absolute atomic E-state index is 0. The first kappa shape index (κ1) is 15.1. The molecule has 0 saturated heterocycles. The van der Waals surface area contributed by atoms with Gasteiger partial charge in [0.05, 0.1) is 6.33 Å². The second-order valence-corrected chi connectivity index (χ2v) is 4.04. The minimum Gasteiger partial charge on any atom is -0.327 e. The van der Waals surface area contributed by atoms with E-state index >= 15 is 0 Å². The fraction of sp³-hybridized carbons (Fsp3) is 0.385. The van der Waals surface area contributed by atoms with E-state index in [0.29, 0.717) is 24.2 Å². The Bertz CT molecular complexity index is 330. The normalized spacial score (nSPS) is 11.4. The Morgan fingerprint density at radius 1 is 1.31 bits per heavy atom. The molecule has 3 heteroatoms. The second kappa shape index (κ2) is 7.42. The largest absolute Gasteiger partial charge is 0.327 e. The van der Waals surface area contributed by atoms with E-state index in [1.54, 1.807) is 0 Å². The number of hydrogen-bond donors (Lipinski definition) is 1. The number of rotatable bonds is 4. The molecule has 1 aromatic rings. The summed E-state index contributed by atoms with van der Waals surface area (Å²) in [5.74, 6) is 0.532. The van der Waals surface area contributed by atoms with Crippen LogP contribution in [0.5, 0.6) is 0 Å². The van der Waals surface area contributed by atoms with E-state index in [0.717, 1.165) is 5.56 Å². The summed E-state index contributed by atoms with van der Waals surface area (Å²) in [4.78, 5) is 0. The van der Waals surface area contributed by atoms with Gasteiger partial charge in [0.15, 0.2) is 0 Å². The predicted octanol–water partition coefficient (Wildman–Crippen LogP) is 3.59. The highest BCUT2D eigenvalue weighted by Gasteiger charge is 2.01. The maximum Gasteiger partial charge on any atom is 0.0875 e. The van der Waals surface area contributed by atoms with E-state index in [9.17, 15) is 4.39 Å². The molecule has 0 fully saturated rings. The summed E-state index contributed by atoms with van der Waals surface area (Å²) >= 11 is 0. The van der Waals surface area contributed by atoms with Crippen LogP contribution < -0.4 is 5.73 Å². The smallest absolute Gasteiger partial charge is 0.0875 e.